The Morgan fingerprint density at radius 2 is 2.00 bits per heavy atom. The number of amides is 1. The highest BCUT2D eigenvalue weighted by Crippen LogP contribution is 2.39. The van der Waals surface area contributed by atoms with Crippen LogP contribution in [0.2, 0.25) is 5.02 Å². The van der Waals surface area contributed by atoms with E-state index in [4.69, 9.17) is 25.8 Å². The van der Waals surface area contributed by atoms with Gasteiger partial charge in [0.15, 0.2) is 11.5 Å². The van der Waals surface area contributed by atoms with Crippen LogP contribution in [-0.4, -0.2) is 49.7 Å². The molecule has 2 aromatic carbocycles. The standard InChI is InChI=1S/C25H26ClNO5S/c1-2-30-25(29)18-4-3-11-27(16-18)24(28)10-6-17-5-9-23(20(26)14-17)33-19-7-8-21-22(15-19)32-13-12-31-21/h5-10,14-15,18H,2-4,11-13,16H2,1H3. The van der Waals surface area contributed by atoms with Crippen molar-refractivity contribution in [3.05, 3.63) is 53.1 Å². The highest BCUT2D eigenvalue weighted by Gasteiger charge is 2.28. The third-order valence-electron chi connectivity index (χ3n) is 5.47. The summed E-state index contributed by atoms with van der Waals surface area (Å²) in [5, 5.41) is 0.602. The molecule has 174 valence electrons. The largest absolute Gasteiger partial charge is 0.486 e. The van der Waals surface area contributed by atoms with Gasteiger partial charge in [0.25, 0.3) is 0 Å². The fourth-order valence-corrected chi connectivity index (χ4v) is 4.97. The van der Waals surface area contributed by atoms with Crippen LogP contribution in [0.4, 0.5) is 0 Å². The van der Waals surface area contributed by atoms with E-state index in [-0.39, 0.29) is 17.8 Å². The number of ether oxygens (including phenoxy) is 3. The van der Waals surface area contributed by atoms with E-state index in [0.29, 0.717) is 37.9 Å². The highest BCUT2D eigenvalue weighted by molar-refractivity contribution is 7.99. The molecule has 1 fully saturated rings. The smallest absolute Gasteiger partial charge is 0.310 e. The molecule has 1 atom stereocenters. The summed E-state index contributed by atoms with van der Waals surface area (Å²) in [4.78, 5) is 28.3. The molecule has 0 radical (unpaired) electrons. The first-order valence-electron chi connectivity index (χ1n) is 11.0. The van der Waals surface area contributed by atoms with E-state index in [1.807, 2.05) is 36.4 Å². The Morgan fingerprint density at radius 3 is 2.79 bits per heavy atom. The Balaban J connectivity index is 1.37. The molecule has 0 aromatic heterocycles. The SMILES string of the molecule is CCOC(=O)C1CCCN(C(=O)C=Cc2ccc(Sc3ccc4c(c3)OCCO4)c(Cl)c2)C1. The quantitative estimate of drug-likeness (QED) is 0.418. The summed E-state index contributed by atoms with van der Waals surface area (Å²) < 4.78 is 16.3. The van der Waals surface area contributed by atoms with E-state index in [1.165, 1.54) is 17.8 Å². The Bertz CT molecular complexity index is 1060. The van der Waals surface area contributed by atoms with E-state index < -0.39 is 0 Å². The van der Waals surface area contributed by atoms with Crippen molar-refractivity contribution in [1.29, 1.82) is 0 Å². The van der Waals surface area contributed by atoms with Crippen LogP contribution in [0.3, 0.4) is 0 Å². The van der Waals surface area contributed by atoms with Crippen molar-refractivity contribution in [1.82, 2.24) is 4.90 Å². The maximum Gasteiger partial charge on any atom is 0.310 e. The zero-order valence-corrected chi connectivity index (χ0v) is 20.0. The van der Waals surface area contributed by atoms with Crippen LogP contribution in [-0.2, 0) is 14.3 Å². The lowest BCUT2D eigenvalue weighted by Crippen LogP contribution is -2.42. The Morgan fingerprint density at radius 1 is 1.18 bits per heavy atom. The molecule has 2 aliphatic rings. The second-order valence-electron chi connectivity index (χ2n) is 7.81. The number of likely N-dealkylation sites (tertiary alicyclic amines) is 1. The number of nitrogens with zero attached hydrogens (tertiary/aromatic N) is 1. The summed E-state index contributed by atoms with van der Waals surface area (Å²) in [6.07, 6.45) is 4.83. The molecule has 0 aliphatic carbocycles. The van der Waals surface area contributed by atoms with Gasteiger partial charge in [0.05, 0.1) is 17.5 Å². The second kappa shape index (κ2) is 11.0. The first-order chi connectivity index (χ1) is 16.0. The van der Waals surface area contributed by atoms with E-state index in [9.17, 15) is 9.59 Å². The van der Waals surface area contributed by atoms with Crippen LogP contribution in [0.1, 0.15) is 25.3 Å². The Kier molecular flexibility index (Phi) is 7.83. The maximum absolute atomic E-state index is 12.6. The number of hydrogen-bond acceptors (Lipinski definition) is 6. The number of fused-ring (bicyclic) bond motifs is 1. The summed E-state index contributed by atoms with van der Waals surface area (Å²) in [7, 11) is 0. The molecular formula is C25H26ClNO5S. The first-order valence-corrected chi connectivity index (χ1v) is 12.2. The van der Waals surface area contributed by atoms with Crippen molar-refractivity contribution < 1.29 is 23.8 Å². The number of benzene rings is 2. The summed E-state index contributed by atoms with van der Waals surface area (Å²) in [5.41, 5.74) is 0.832. The minimum atomic E-state index is -0.248. The number of esters is 1. The highest BCUT2D eigenvalue weighted by atomic mass is 35.5. The molecule has 6 nitrogen and oxygen atoms in total. The van der Waals surface area contributed by atoms with Gasteiger partial charge in [-0.3, -0.25) is 9.59 Å². The number of piperidine rings is 1. The first kappa shape index (κ1) is 23.5. The summed E-state index contributed by atoms with van der Waals surface area (Å²) in [6.45, 7) is 4.29. The zero-order valence-electron chi connectivity index (χ0n) is 18.4. The predicted octanol–water partition coefficient (Wildman–Crippen LogP) is 5.08. The molecule has 8 heteroatoms. The minimum Gasteiger partial charge on any atom is -0.486 e. The van der Waals surface area contributed by atoms with Gasteiger partial charge >= 0.3 is 5.97 Å². The van der Waals surface area contributed by atoms with Gasteiger partial charge in [-0.05, 0) is 61.7 Å². The fourth-order valence-electron chi connectivity index (χ4n) is 3.82. The van der Waals surface area contributed by atoms with Crippen LogP contribution < -0.4 is 9.47 Å². The number of rotatable bonds is 6. The number of halogens is 1. The minimum absolute atomic E-state index is 0.116. The lowest BCUT2D eigenvalue weighted by molar-refractivity contribution is -0.150. The third-order valence-corrected chi connectivity index (χ3v) is 6.96. The molecule has 2 aliphatic heterocycles. The molecule has 33 heavy (non-hydrogen) atoms. The third kappa shape index (κ3) is 6.03. The number of carbonyl (C=O) groups is 2. The molecule has 4 rings (SSSR count). The van der Waals surface area contributed by atoms with Gasteiger partial charge in [0.1, 0.15) is 13.2 Å². The van der Waals surface area contributed by atoms with Crippen molar-refractivity contribution in [3.8, 4) is 11.5 Å². The molecular weight excluding hydrogens is 462 g/mol. The number of hydrogen-bond donors (Lipinski definition) is 0. The Hall–Kier alpha value is -2.64. The van der Waals surface area contributed by atoms with Gasteiger partial charge in [-0.25, -0.2) is 0 Å². The molecule has 0 bridgehead atoms. The average molecular weight is 488 g/mol. The van der Waals surface area contributed by atoms with Gasteiger partial charge in [0.2, 0.25) is 5.91 Å². The molecule has 1 saturated heterocycles. The monoisotopic (exact) mass is 487 g/mol. The van der Waals surface area contributed by atoms with Crippen LogP contribution in [0, 0.1) is 5.92 Å². The second-order valence-corrected chi connectivity index (χ2v) is 9.33. The summed E-state index contributed by atoms with van der Waals surface area (Å²) >= 11 is 8.05. The van der Waals surface area contributed by atoms with Crippen molar-refractivity contribution in [3.63, 3.8) is 0 Å². The lowest BCUT2D eigenvalue weighted by Gasteiger charge is -2.30. The van der Waals surface area contributed by atoms with Crippen molar-refractivity contribution in [2.45, 2.75) is 29.6 Å². The van der Waals surface area contributed by atoms with Gasteiger partial charge < -0.3 is 19.1 Å². The van der Waals surface area contributed by atoms with Gasteiger partial charge in [0, 0.05) is 29.0 Å². The fraction of sp³-hybridized carbons (Fsp3) is 0.360. The van der Waals surface area contributed by atoms with Crippen molar-refractivity contribution in [2.24, 2.45) is 5.92 Å². The number of carbonyl (C=O) groups excluding carboxylic acids is 2. The van der Waals surface area contributed by atoms with E-state index >= 15 is 0 Å². The van der Waals surface area contributed by atoms with Crippen molar-refractivity contribution >= 4 is 41.3 Å². The molecule has 2 aromatic rings. The van der Waals surface area contributed by atoms with Crippen molar-refractivity contribution in [2.75, 3.05) is 32.9 Å². The van der Waals surface area contributed by atoms with Crippen LogP contribution in [0.5, 0.6) is 11.5 Å². The maximum atomic E-state index is 12.6. The topological polar surface area (TPSA) is 65.1 Å². The molecule has 1 amide bonds. The predicted molar refractivity (Wildman–Crippen MR) is 128 cm³/mol. The zero-order chi connectivity index (χ0) is 23.2. The average Bonchev–Trinajstić information content (AvgIpc) is 2.84. The lowest BCUT2D eigenvalue weighted by atomic mass is 9.98. The molecule has 1 unspecified atom stereocenters. The molecule has 0 spiro atoms. The van der Waals surface area contributed by atoms with Crippen LogP contribution >= 0.6 is 23.4 Å². The summed E-state index contributed by atoms with van der Waals surface area (Å²) in [5.74, 6) is 0.904. The molecule has 0 saturated carbocycles. The summed E-state index contributed by atoms with van der Waals surface area (Å²) in [6, 6.07) is 11.5. The Labute approximate surface area is 202 Å². The van der Waals surface area contributed by atoms with Crippen LogP contribution in [0.25, 0.3) is 6.08 Å². The van der Waals surface area contributed by atoms with E-state index in [1.54, 1.807) is 17.9 Å². The van der Waals surface area contributed by atoms with E-state index in [2.05, 4.69) is 0 Å². The molecule has 2 heterocycles. The van der Waals surface area contributed by atoms with E-state index in [0.717, 1.165) is 39.7 Å². The van der Waals surface area contributed by atoms with Gasteiger partial charge in [-0.2, -0.15) is 0 Å². The van der Waals surface area contributed by atoms with Crippen LogP contribution in [0.15, 0.2) is 52.3 Å². The normalized spacial score (nSPS) is 17.8. The molecule has 0 N–H and O–H groups in total. The van der Waals surface area contributed by atoms with Gasteiger partial charge in [-0.1, -0.05) is 29.4 Å². The van der Waals surface area contributed by atoms with Gasteiger partial charge in [-0.15, -0.1) is 0 Å².